The standard InChI is InChI=1S/C13H16N4OS/c1-8-11(19-13(14)16-8)12(18)17-7-3-5-10(17)9-4-2-6-15-9/h2,4,6,10,15H,3,5,7H2,1H3,(H2,14,16). The topological polar surface area (TPSA) is 75.0 Å². The van der Waals surface area contributed by atoms with E-state index in [9.17, 15) is 4.79 Å². The van der Waals surface area contributed by atoms with Gasteiger partial charge in [-0.05, 0) is 31.9 Å². The fourth-order valence-corrected chi connectivity index (χ4v) is 3.42. The highest BCUT2D eigenvalue weighted by atomic mass is 32.1. The number of H-pyrrole nitrogens is 1. The van der Waals surface area contributed by atoms with E-state index in [1.165, 1.54) is 11.3 Å². The Morgan fingerprint density at radius 2 is 2.47 bits per heavy atom. The van der Waals surface area contributed by atoms with Gasteiger partial charge in [-0.25, -0.2) is 4.98 Å². The maximum atomic E-state index is 12.6. The quantitative estimate of drug-likeness (QED) is 0.884. The van der Waals surface area contributed by atoms with E-state index < -0.39 is 0 Å². The number of nitrogens with two attached hydrogens (primary N) is 1. The van der Waals surface area contributed by atoms with Crippen molar-refractivity contribution in [3.8, 4) is 0 Å². The van der Waals surface area contributed by atoms with Crippen molar-refractivity contribution in [2.45, 2.75) is 25.8 Å². The van der Waals surface area contributed by atoms with Gasteiger partial charge in [-0.3, -0.25) is 4.79 Å². The molecule has 1 fully saturated rings. The number of amides is 1. The summed E-state index contributed by atoms with van der Waals surface area (Å²) in [4.78, 5) is 22.5. The van der Waals surface area contributed by atoms with Crippen LogP contribution in [-0.4, -0.2) is 27.3 Å². The van der Waals surface area contributed by atoms with Crippen LogP contribution in [0, 0.1) is 6.92 Å². The number of thiazole rings is 1. The number of hydrogen-bond acceptors (Lipinski definition) is 4. The van der Waals surface area contributed by atoms with Gasteiger partial charge in [0.05, 0.1) is 11.7 Å². The molecule has 1 amide bonds. The van der Waals surface area contributed by atoms with Gasteiger partial charge in [0, 0.05) is 18.4 Å². The van der Waals surface area contributed by atoms with E-state index in [4.69, 9.17) is 5.73 Å². The van der Waals surface area contributed by atoms with Gasteiger partial charge >= 0.3 is 0 Å². The van der Waals surface area contributed by atoms with Gasteiger partial charge < -0.3 is 15.6 Å². The highest BCUT2D eigenvalue weighted by molar-refractivity contribution is 7.17. The lowest BCUT2D eigenvalue weighted by Gasteiger charge is -2.23. The van der Waals surface area contributed by atoms with E-state index >= 15 is 0 Å². The average Bonchev–Trinajstić information content (AvgIpc) is 3.06. The fraction of sp³-hybridized carbons (Fsp3) is 0.385. The molecule has 0 aliphatic carbocycles. The number of hydrogen-bond donors (Lipinski definition) is 2. The van der Waals surface area contributed by atoms with Crippen LogP contribution in [0.2, 0.25) is 0 Å². The minimum absolute atomic E-state index is 0.0452. The second-order valence-electron chi connectivity index (χ2n) is 4.75. The zero-order valence-corrected chi connectivity index (χ0v) is 11.5. The Balaban J connectivity index is 1.89. The number of likely N-dealkylation sites (tertiary alicyclic amines) is 1. The van der Waals surface area contributed by atoms with E-state index in [0.29, 0.717) is 10.0 Å². The average molecular weight is 276 g/mol. The normalized spacial score (nSPS) is 19.0. The minimum atomic E-state index is 0.0452. The van der Waals surface area contributed by atoms with E-state index in [2.05, 4.69) is 9.97 Å². The second kappa shape index (κ2) is 4.70. The summed E-state index contributed by atoms with van der Waals surface area (Å²) in [5.74, 6) is 0.0452. The van der Waals surface area contributed by atoms with Gasteiger partial charge in [-0.15, -0.1) is 0 Å². The van der Waals surface area contributed by atoms with Crippen molar-refractivity contribution in [1.82, 2.24) is 14.9 Å². The molecule has 3 heterocycles. The highest BCUT2D eigenvalue weighted by Gasteiger charge is 2.32. The minimum Gasteiger partial charge on any atom is -0.375 e. The van der Waals surface area contributed by atoms with E-state index in [1.807, 2.05) is 30.2 Å². The Morgan fingerprint density at radius 1 is 1.63 bits per heavy atom. The van der Waals surface area contributed by atoms with Crippen molar-refractivity contribution in [1.29, 1.82) is 0 Å². The molecule has 0 saturated carbocycles. The first-order chi connectivity index (χ1) is 9.16. The molecule has 3 rings (SSSR count). The molecule has 1 aliphatic heterocycles. The molecular formula is C13H16N4OS. The molecule has 2 aromatic heterocycles. The SMILES string of the molecule is Cc1nc(N)sc1C(=O)N1CCCC1c1ccc[nH]1. The van der Waals surface area contributed by atoms with Crippen LogP contribution in [0.3, 0.4) is 0 Å². The first-order valence-electron chi connectivity index (χ1n) is 6.34. The molecule has 2 aromatic rings. The van der Waals surface area contributed by atoms with Crippen LogP contribution < -0.4 is 5.73 Å². The summed E-state index contributed by atoms with van der Waals surface area (Å²) in [7, 11) is 0. The number of nitrogens with zero attached hydrogens (tertiary/aromatic N) is 2. The molecule has 0 aromatic carbocycles. The van der Waals surface area contributed by atoms with Crippen LogP contribution >= 0.6 is 11.3 Å². The number of nitrogens with one attached hydrogen (secondary N) is 1. The summed E-state index contributed by atoms with van der Waals surface area (Å²) < 4.78 is 0. The summed E-state index contributed by atoms with van der Waals surface area (Å²) in [5, 5.41) is 0.455. The van der Waals surface area contributed by atoms with Crippen LogP contribution in [0.4, 0.5) is 5.13 Å². The summed E-state index contributed by atoms with van der Waals surface area (Å²) in [6.07, 6.45) is 3.93. The highest BCUT2D eigenvalue weighted by Crippen LogP contribution is 2.34. The van der Waals surface area contributed by atoms with Gasteiger partial charge in [0.15, 0.2) is 5.13 Å². The molecular weight excluding hydrogens is 260 g/mol. The third-order valence-corrected chi connectivity index (χ3v) is 4.48. The van der Waals surface area contributed by atoms with Gasteiger partial charge in [0.2, 0.25) is 0 Å². The monoisotopic (exact) mass is 276 g/mol. The predicted molar refractivity (Wildman–Crippen MR) is 75.1 cm³/mol. The van der Waals surface area contributed by atoms with E-state index in [-0.39, 0.29) is 11.9 Å². The molecule has 100 valence electrons. The predicted octanol–water partition coefficient (Wildman–Crippen LogP) is 2.34. The summed E-state index contributed by atoms with van der Waals surface area (Å²) in [6.45, 7) is 2.62. The van der Waals surface area contributed by atoms with Crippen LogP contribution in [0.1, 0.15) is 39.9 Å². The zero-order valence-electron chi connectivity index (χ0n) is 10.7. The smallest absolute Gasteiger partial charge is 0.266 e. The lowest BCUT2D eigenvalue weighted by atomic mass is 10.1. The van der Waals surface area contributed by atoms with Crippen LogP contribution in [0.15, 0.2) is 18.3 Å². The van der Waals surface area contributed by atoms with Gasteiger partial charge in [-0.1, -0.05) is 11.3 Å². The lowest BCUT2D eigenvalue weighted by molar-refractivity contribution is 0.0737. The Bertz CT molecular complexity index is 590. The molecule has 19 heavy (non-hydrogen) atoms. The zero-order chi connectivity index (χ0) is 13.4. The second-order valence-corrected chi connectivity index (χ2v) is 5.78. The molecule has 6 heteroatoms. The molecule has 5 nitrogen and oxygen atoms in total. The molecule has 0 bridgehead atoms. The first-order valence-corrected chi connectivity index (χ1v) is 7.15. The van der Waals surface area contributed by atoms with Crippen LogP contribution in [0.25, 0.3) is 0 Å². The van der Waals surface area contributed by atoms with Gasteiger partial charge in [0.1, 0.15) is 4.88 Å². The largest absolute Gasteiger partial charge is 0.375 e. The number of carbonyl (C=O) groups excluding carboxylic acids is 1. The Morgan fingerprint density at radius 3 is 3.11 bits per heavy atom. The van der Waals surface area contributed by atoms with Crippen molar-refractivity contribution in [2.24, 2.45) is 0 Å². The van der Waals surface area contributed by atoms with Crippen LogP contribution in [-0.2, 0) is 0 Å². The molecule has 1 atom stereocenters. The maximum absolute atomic E-state index is 12.6. The molecule has 3 N–H and O–H groups in total. The molecule has 1 aliphatic rings. The van der Waals surface area contributed by atoms with Crippen molar-refractivity contribution < 1.29 is 4.79 Å². The van der Waals surface area contributed by atoms with E-state index in [0.717, 1.165) is 30.8 Å². The number of aromatic nitrogens is 2. The molecule has 0 radical (unpaired) electrons. The lowest BCUT2D eigenvalue weighted by Crippen LogP contribution is -2.30. The fourth-order valence-electron chi connectivity index (χ4n) is 2.63. The number of anilines is 1. The van der Waals surface area contributed by atoms with Crippen molar-refractivity contribution >= 4 is 22.4 Å². The van der Waals surface area contributed by atoms with Crippen molar-refractivity contribution in [2.75, 3.05) is 12.3 Å². The molecule has 1 saturated heterocycles. The number of rotatable bonds is 2. The number of aromatic amines is 1. The van der Waals surface area contributed by atoms with Gasteiger partial charge in [0.25, 0.3) is 5.91 Å². The Kier molecular flexibility index (Phi) is 3.02. The summed E-state index contributed by atoms with van der Waals surface area (Å²) >= 11 is 1.27. The molecule has 0 spiro atoms. The Labute approximate surface area is 115 Å². The Hall–Kier alpha value is -1.82. The number of nitrogen functional groups attached to an aromatic ring is 1. The summed E-state index contributed by atoms with van der Waals surface area (Å²) in [6, 6.07) is 4.14. The maximum Gasteiger partial charge on any atom is 0.266 e. The number of aryl methyl sites for hydroxylation is 1. The summed E-state index contributed by atoms with van der Waals surface area (Å²) in [5.41, 5.74) is 7.50. The van der Waals surface area contributed by atoms with Crippen LogP contribution in [0.5, 0.6) is 0 Å². The molecule has 1 unspecified atom stereocenters. The third kappa shape index (κ3) is 2.12. The van der Waals surface area contributed by atoms with E-state index in [1.54, 1.807) is 0 Å². The van der Waals surface area contributed by atoms with Gasteiger partial charge in [-0.2, -0.15) is 0 Å². The van der Waals surface area contributed by atoms with Crippen molar-refractivity contribution in [3.05, 3.63) is 34.6 Å². The first kappa shape index (κ1) is 12.2. The third-order valence-electron chi connectivity index (χ3n) is 3.50. The van der Waals surface area contributed by atoms with Crippen molar-refractivity contribution in [3.63, 3.8) is 0 Å². The number of carbonyl (C=O) groups is 1.